The van der Waals surface area contributed by atoms with Crippen LogP contribution in [0.4, 0.5) is 5.69 Å². The fourth-order valence-corrected chi connectivity index (χ4v) is 2.21. The Morgan fingerprint density at radius 2 is 1.96 bits per heavy atom. The Hall–Kier alpha value is -3.68. The van der Waals surface area contributed by atoms with Crippen molar-refractivity contribution in [3.05, 3.63) is 66.1 Å². The summed E-state index contributed by atoms with van der Waals surface area (Å²) in [5.74, 6) is 0.228. The molecule has 0 aliphatic rings. The lowest BCUT2D eigenvalue weighted by Crippen LogP contribution is -2.02. The van der Waals surface area contributed by atoms with Crippen molar-refractivity contribution in [2.24, 2.45) is 0 Å². The highest BCUT2D eigenvalue weighted by Crippen LogP contribution is 2.17. The molecule has 0 spiro atoms. The molecule has 1 heterocycles. The SMILES string of the molecule is COc1ccc(-n2nnnc2/C=C/Nc2ccccc2C(=O)O)cc1. The van der Waals surface area contributed by atoms with Gasteiger partial charge < -0.3 is 15.2 Å². The highest BCUT2D eigenvalue weighted by molar-refractivity contribution is 5.94. The molecule has 0 atom stereocenters. The topological polar surface area (TPSA) is 102 Å². The minimum absolute atomic E-state index is 0.182. The first-order valence-electron chi connectivity index (χ1n) is 7.37. The number of tetrazole rings is 1. The molecule has 0 amide bonds. The third-order valence-electron chi connectivity index (χ3n) is 3.44. The van der Waals surface area contributed by atoms with Gasteiger partial charge in [0.25, 0.3) is 0 Å². The van der Waals surface area contributed by atoms with Crippen LogP contribution in [0.25, 0.3) is 11.8 Å². The van der Waals surface area contributed by atoms with E-state index < -0.39 is 5.97 Å². The zero-order valence-corrected chi connectivity index (χ0v) is 13.3. The van der Waals surface area contributed by atoms with E-state index in [1.165, 1.54) is 6.07 Å². The van der Waals surface area contributed by atoms with Gasteiger partial charge in [-0.2, -0.15) is 4.68 Å². The third-order valence-corrected chi connectivity index (χ3v) is 3.44. The maximum absolute atomic E-state index is 11.2. The molecule has 3 rings (SSSR count). The molecule has 0 aliphatic carbocycles. The van der Waals surface area contributed by atoms with Crippen molar-refractivity contribution < 1.29 is 14.6 Å². The van der Waals surface area contributed by atoms with Crippen LogP contribution in [-0.2, 0) is 0 Å². The Labute approximate surface area is 143 Å². The summed E-state index contributed by atoms with van der Waals surface area (Å²) >= 11 is 0. The summed E-state index contributed by atoms with van der Waals surface area (Å²) < 4.78 is 6.68. The van der Waals surface area contributed by atoms with E-state index in [4.69, 9.17) is 4.74 Å². The lowest BCUT2D eigenvalue weighted by molar-refractivity contribution is 0.0698. The molecule has 0 fully saturated rings. The first kappa shape index (κ1) is 16.2. The second kappa shape index (κ2) is 7.26. The van der Waals surface area contributed by atoms with E-state index in [1.807, 2.05) is 24.3 Å². The number of ether oxygens (including phenoxy) is 1. The smallest absolute Gasteiger partial charge is 0.337 e. The number of aromatic nitrogens is 4. The normalized spacial score (nSPS) is 10.8. The van der Waals surface area contributed by atoms with Crippen LogP contribution >= 0.6 is 0 Å². The molecule has 0 radical (unpaired) electrons. The van der Waals surface area contributed by atoms with Crippen LogP contribution in [0.5, 0.6) is 5.75 Å². The van der Waals surface area contributed by atoms with Crippen molar-refractivity contribution in [3.8, 4) is 11.4 Å². The zero-order valence-electron chi connectivity index (χ0n) is 13.3. The Morgan fingerprint density at radius 3 is 2.68 bits per heavy atom. The minimum atomic E-state index is -1.00. The van der Waals surface area contributed by atoms with Crippen LogP contribution < -0.4 is 10.1 Å². The van der Waals surface area contributed by atoms with E-state index in [-0.39, 0.29) is 5.56 Å². The summed E-state index contributed by atoms with van der Waals surface area (Å²) in [6.07, 6.45) is 3.25. The van der Waals surface area contributed by atoms with E-state index in [2.05, 4.69) is 20.8 Å². The van der Waals surface area contributed by atoms with Gasteiger partial charge >= 0.3 is 5.97 Å². The van der Waals surface area contributed by atoms with Crippen LogP contribution in [0.3, 0.4) is 0 Å². The summed E-state index contributed by atoms with van der Waals surface area (Å²) in [7, 11) is 1.60. The second-order valence-corrected chi connectivity index (χ2v) is 4.98. The number of para-hydroxylation sites is 1. The Balaban J connectivity index is 1.79. The van der Waals surface area contributed by atoms with E-state index >= 15 is 0 Å². The van der Waals surface area contributed by atoms with Gasteiger partial charge in [0, 0.05) is 12.3 Å². The van der Waals surface area contributed by atoms with Crippen molar-refractivity contribution in [1.82, 2.24) is 20.2 Å². The van der Waals surface area contributed by atoms with Gasteiger partial charge in [-0.05, 0) is 46.8 Å². The van der Waals surface area contributed by atoms with Gasteiger partial charge in [-0.15, -0.1) is 5.10 Å². The first-order valence-corrected chi connectivity index (χ1v) is 7.37. The Morgan fingerprint density at radius 1 is 1.20 bits per heavy atom. The molecule has 2 N–H and O–H groups in total. The van der Waals surface area contributed by atoms with Crippen molar-refractivity contribution in [1.29, 1.82) is 0 Å². The summed E-state index contributed by atoms with van der Waals surface area (Å²) in [4.78, 5) is 11.2. The summed E-state index contributed by atoms with van der Waals surface area (Å²) in [5.41, 5.74) is 1.44. The average molecular weight is 337 g/mol. The number of aromatic carboxylic acids is 1. The number of hydrogen-bond donors (Lipinski definition) is 2. The number of rotatable bonds is 6. The molecule has 126 valence electrons. The van der Waals surface area contributed by atoms with Crippen molar-refractivity contribution in [2.45, 2.75) is 0 Å². The molecule has 0 aliphatic heterocycles. The number of carboxylic acids is 1. The fourth-order valence-electron chi connectivity index (χ4n) is 2.21. The molecule has 2 aromatic carbocycles. The summed E-state index contributed by atoms with van der Waals surface area (Å²) in [6, 6.07) is 13.9. The van der Waals surface area contributed by atoms with Gasteiger partial charge in [0.2, 0.25) is 0 Å². The highest BCUT2D eigenvalue weighted by Gasteiger charge is 2.08. The Bertz CT molecular complexity index is 903. The molecular weight excluding hydrogens is 322 g/mol. The van der Waals surface area contributed by atoms with Gasteiger partial charge in [-0.1, -0.05) is 12.1 Å². The molecule has 0 bridgehead atoms. The van der Waals surface area contributed by atoms with E-state index in [0.29, 0.717) is 11.5 Å². The number of nitrogens with one attached hydrogen (secondary N) is 1. The summed E-state index contributed by atoms with van der Waals surface area (Å²) in [6.45, 7) is 0. The molecule has 3 aromatic rings. The van der Waals surface area contributed by atoms with E-state index in [1.54, 1.807) is 42.3 Å². The van der Waals surface area contributed by atoms with Gasteiger partial charge in [0.05, 0.1) is 24.0 Å². The molecule has 0 unspecified atom stereocenters. The largest absolute Gasteiger partial charge is 0.497 e. The zero-order chi connectivity index (χ0) is 17.6. The molecule has 8 heteroatoms. The maximum Gasteiger partial charge on any atom is 0.337 e. The lowest BCUT2D eigenvalue weighted by Gasteiger charge is -2.05. The monoisotopic (exact) mass is 337 g/mol. The number of carboxylic acid groups (broad SMARTS) is 1. The Kier molecular flexibility index (Phi) is 4.70. The number of methoxy groups -OCH3 is 1. The molecule has 0 saturated carbocycles. The van der Waals surface area contributed by atoms with Crippen LogP contribution in [-0.4, -0.2) is 38.4 Å². The number of anilines is 1. The first-order chi connectivity index (χ1) is 12.2. The van der Waals surface area contributed by atoms with Gasteiger partial charge in [0.15, 0.2) is 5.82 Å². The van der Waals surface area contributed by atoms with Gasteiger partial charge in [-0.3, -0.25) is 0 Å². The van der Waals surface area contributed by atoms with Crippen LogP contribution in [0, 0.1) is 0 Å². The van der Waals surface area contributed by atoms with Crippen LogP contribution in [0.2, 0.25) is 0 Å². The number of carbonyl (C=O) groups is 1. The quantitative estimate of drug-likeness (QED) is 0.712. The fraction of sp³-hybridized carbons (Fsp3) is 0.0588. The number of benzene rings is 2. The van der Waals surface area contributed by atoms with Crippen molar-refractivity contribution in [3.63, 3.8) is 0 Å². The second-order valence-electron chi connectivity index (χ2n) is 4.98. The minimum Gasteiger partial charge on any atom is -0.497 e. The van der Waals surface area contributed by atoms with Crippen LogP contribution in [0.15, 0.2) is 54.7 Å². The predicted octanol–water partition coefficient (Wildman–Crippen LogP) is 2.45. The molecule has 1 aromatic heterocycles. The molecule has 8 nitrogen and oxygen atoms in total. The molecule has 25 heavy (non-hydrogen) atoms. The molecular formula is C17H15N5O3. The number of nitrogens with zero attached hydrogens (tertiary/aromatic N) is 4. The summed E-state index contributed by atoms with van der Waals surface area (Å²) in [5, 5.41) is 23.7. The standard InChI is InChI=1S/C17H15N5O3/c1-25-13-8-6-12(7-9-13)22-16(19-20-21-22)10-11-18-15-5-3-2-4-14(15)17(23)24/h2-11,18H,1H3,(H,23,24)/b11-10+. The third kappa shape index (κ3) is 3.63. The van der Waals surface area contributed by atoms with E-state index in [9.17, 15) is 9.90 Å². The lowest BCUT2D eigenvalue weighted by atomic mass is 10.2. The van der Waals surface area contributed by atoms with Crippen molar-refractivity contribution in [2.75, 3.05) is 12.4 Å². The molecule has 0 saturated heterocycles. The average Bonchev–Trinajstić information content (AvgIpc) is 3.10. The van der Waals surface area contributed by atoms with Gasteiger partial charge in [0.1, 0.15) is 5.75 Å². The maximum atomic E-state index is 11.2. The van der Waals surface area contributed by atoms with Crippen LogP contribution in [0.1, 0.15) is 16.2 Å². The van der Waals surface area contributed by atoms with E-state index in [0.717, 1.165) is 11.4 Å². The predicted molar refractivity (Wildman–Crippen MR) is 91.8 cm³/mol. The van der Waals surface area contributed by atoms with Gasteiger partial charge in [-0.25, -0.2) is 4.79 Å². The highest BCUT2D eigenvalue weighted by atomic mass is 16.5. The number of hydrogen-bond acceptors (Lipinski definition) is 6. The van der Waals surface area contributed by atoms with Crippen molar-refractivity contribution >= 4 is 17.7 Å².